The molecule has 2 aromatic rings. The van der Waals surface area contributed by atoms with Gasteiger partial charge < -0.3 is 5.32 Å². The molecule has 0 aliphatic rings. The van der Waals surface area contributed by atoms with Crippen LogP contribution in [0.3, 0.4) is 0 Å². The monoisotopic (exact) mass is 291 g/mol. The molecule has 0 amide bonds. The highest BCUT2D eigenvalue weighted by Gasteiger charge is 2.14. The average Bonchev–Trinajstić information content (AvgIpc) is 2.35. The smallest absolute Gasteiger partial charge is 0.196 e. The number of benzene rings is 2. The minimum absolute atomic E-state index is 0.170. The molecular weight excluding hydrogens is 286 g/mol. The highest BCUT2D eigenvalue weighted by Crippen LogP contribution is 2.32. The fourth-order valence-corrected chi connectivity index (χ4v) is 1.72. The van der Waals surface area contributed by atoms with Crippen molar-refractivity contribution in [3.8, 4) is 0 Å². The molecule has 0 aliphatic heterocycles. The lowest BCUT2D eigenvalue weighted by atomic mass is 10.2. The highest BCUT2D eigenvalue weighted by atomic mass is 35.5. The molecule has 0 aliphatic carbocycles. The van der Waals surface area contributed by atoms with Gasteiger partial charge in [-0.05, 0) is 24.3 Å². The Balaban J connectivity index is 2.41. The molecule has 2 rings (SSSR count). The van der Waals surface area contributed by atoms with Crippen LogP contribution >= 0.6 is 23.2 Å². The lowest BCUT2D eigenvalue weighted by Gasteiger charge is -2.10. The van der Waals surface area contributed by atoms with Gasteiger partial charge in [-0.25, -0.2) is 13.2 Å². The summed E-state index contributed by atoms with van der Waals surface area (Å²) in [5.74, 6) is -4.11. The molecule has 0 aromatic heterocycles. The third-order valence-corrected chi connectivity index (χ3v) is 3.08. The van der Waals surface area contributed by atoms with Crippen LogP contribution < -0.4 is 5.32 Å². The Bertz CT molecular complexity index is 602. The van der Waals surface area contributed by atoms with E-state index < -0.39 is 17.5 Å². The van der Waals surface area contributed by atoms with Crippen LogP contribution in [0.5, 0.6) is 0 Å². The van der Waals surface area contributed by atoms with Crippen molar-refractivity contribution in [2.45, 2.75) is 0 Å². The van der Waals surface area contributed by atoms with Gasteiger partial charge in [-0.15, -0.1) is 0 Å². The van der Waals surface area contributed by atoms with E-state index in [0.29, 0.717) is 5.69 Å². The van der Waals surface area contributed by atoms with Crippen molar-refractivity contribution in [2.75, 3.05) is 5.32 Å². The number of hydrogen-bond acceptors (Lipinski definition) is 1. The first-order chi connectivity index (χ1) is 8.50. The van der Waals surface area contributed by atoms with Crippen molar-refractivity contribution in [1.82, 2.24) is 0 Å². The third kappa shape index (κ3) is 2.40. The molecule has 1 N–H and O–H groups in total. The minimum atomic E-state index is -1.54. The largest absolute Gasteiger partial charge is 0.352 e. The van der Waals surface area contributed by atoms with Crippen LogP contribution in [-0.2, 0) is 0 Å². The molecule has 0 radical (unpaired) electrons. The van der Waals surface area contributed by atoms with Gasteiger partial charge in [-0.3, -0.25) is 0 Å². The Labute approximate surface area is 111 Å². The molecule has 0 saturated carbocycles. The molecule has 2 aromatic carbocycles. The minimum Gasteiger partial charge on any atom is -0.352 e. The quantitative estimate of drug-likeness (QED) is 0.754. The van der Waals surface area contributed by atoms with Crippen LogP contribution in [0.2, 0.25) is 10.0 Å². The maximum absolute atomic E-state index is 13.4. The van der Waals surface area contributed by atoms with Crippen molar-refractivity contribution in [3.05, 3.63) is 57.8 Å². The molecule has 6 heteroatoms. The van der Waals surface area contributed by atoms with Crippen molar-refractivity contribution in [1.29, 1.82) is 0 Å². The van der Waals surface area contributed by atoms with E-state index in [1.807, 2.05) is 0 Å². The second-order valence-electron chi connectivity index (χ2n) is 3.45. The fourth-order valence-electron chi connectivity index (χ4n) is 1.37. The van der Waals surface area contributed by atoms with E-state index in [1.165, 1.54) is 6.07 Å². The fraction of sp³-hybridized carbons (Fsp3) is 0. The molecule has 0 heterocycles. The number of halogens is 5. The van der Waals surface area contributed by atoms with E-state index in [4.69, 9.17) is 23.2 Å². The normalized spacial score (nSPS) is 10.5. The molecule has 0 unspecified atom stereocenters. The number of hydrogen-bond donors (Lipinski definition) is 1. The van der Waals surface area contributed by atoms with Gasteiger partial charge in [-0.1, -0.05) is 29.3 Å². The van der Waals surface area contributed by atoms with E-state index in [1.54, 1.807) is 12.1 Å². The summed E-state index contributed by atoms with van der Waals surface area (Å²) in [6.07, 6.45) is 0. The highest BCUT2D eigenvalue weighted by molar-refractivity contribution is 6.43. The summed E-state index contributed by atoms with van der Waals surface area (Å²) in [6, 6.07) is 6.57. The van der Waals surface area contributed by atoms with Crippen LogP contribution in [-0.4, -0.2) is 0 Å². The zero-order valence-electron chi connectivity index (χ0n) is 8.78. The van der Waals surface area contributed by atoms with Crippen LogP contribution in [0.15, 0.2) is 30.3 Å². The molecule has 94 valence electrons. The van der Waals surface area contributed by atoms with Gasteiger partial charge in [0.05, 0.1) is 21.4 Å². The van der Waals surface area contributed by atoms with Gasteiger partial charge in [0, 0.05) is 0 Å². The average molecular weight is 292 g/mol. The molecule has 0 bridgehead atoms. The molecule has 0 fully saturated rings. The summed E-state index contributed by atoms with van der Waals surface area (Å²) in [5.41, 5.74) is 0.0761. The maximum Gasteiger partial charge on any atom is 0.196 e. The first kappa shape index (κ1) is 13.1. The SMILES string of the molecule is Fc1ccc(Nc2cccc(Cl)c2Cl)c(F)c1F. The van der Waals surface area contributed by atoms with E-state index >= 15 is 0 Å². The molecule has 18 heavy (non-hydrogen) atoms. The van der Waals surface area contributed by atoms with Gasteiger partial charge in [0.2, 0.25) is 0 Å². The van der Waals surface area contributed by atoms with E-state index in [2.05, 4.69) is 5.32 Å². The van der Waals surface area contributed by atoms with Crippen LogP contribution in [0.1, 0.15) is 0 Å². The Morgan fingerprint density at radius 3 is 2.28 bits per heavy atom. The van der Waals surface area contributed by atoms with Crippen molar-refractivity contribution in [3.63, 3.8) is 0 Å². The van der Waals surface area contributed by atoms with Gasteiger partial charge in [0.1, 0.15) is 0 Å². The zero-order valence-corrected chi connectivity index (χ0v) is 10.3. The molecule has 0 saturated heterocycles. The lowest BCUT2D eigenvalue weighted by molar-refractivity contribution is 0.449. The van der Waals surface area contributed by atoms with Gasteiger partial charge in [-0.2, -0.15) is 0 Å². The second kappa shape index (κ2) is 5.08. The predicted molar refractivity (Wildman–Crippen MR) is 66.1 cm³/mol. The summed E-state index contributed by atoms with van der Waals surface area (Å²) >= 11 is 11.7. The molecule has 0 atom stereocenters. The van der Waals surface area contributed by atoms with Crippen LogP contribution in [0.4, 0.5) is 24.5 Å². The Morgan fingerprint density at radius 2 is 1.56 bits per heavy atom. The summed E-state index contributed by atoms with van der Waals surface area (Å²) in [5, 5.41) is 2.99. The third-order valence-electron chi connectivity index (χ3n) is 2.26. The first-order valence-corrected chi connectivity index (χ1v) is 5.61. The summed E-state index contributed by atoms with van der Waals surface area (Å²) in [6.45, 7) is 0. The van der Waals surface area contributed by atoms with Gasteiger partial charge >= 0.3 is 0 Å². The summed E-state index contributed by atoms with van der Waals surface area (Å²) in [4.78, 5) is 0. The second-order valence-corrected chi connectivity index (χ2v) is 4.23. The number of nitrogens with one attached hydrogen (secondary N) is 1. The van der Waals surface area contributed by atoms with Crippen LogP contribution in [0.25, 0.3) is 0 Å². The van der Waals surface area contributed by atoms with E-state index in [0.717, 1.165) is 12.1 Å². The summed E-state index contributed by atoms with van der Waals surface area (Å²) < 4.78 is 39.2. The topological polar surface area (TPSA) is 12.0 Å². The first-order valence-electron chi connectivity index (χ1n) is 4.85. The van der Waals surface area contributed by atoms with Crippen molar-refractivity contribution in [2.24, 2.45) is 0 Å². The zero-order chi connectivity index (χ0) is 13.3. The Hall–Kier alpha value is -1.39. The Kier molecular flexibility index (Phi) is 3.68. The predicted octanol–water partition coefficient (Wildman–Crippen LogP) is 5.15. The molecule has 0 spiro atoms. The number of rotatable bonds is 2. The lowest BCUT2D eigenvalue weighted by Crippen LogP contribution is -1.99. The standard InChI is InChI=1S/C12H6Cl2F3N/c13-6-2-1-3-8(10(6)14)18-9-5-4-7(15)11(16)12(9)17/h1-5,18H. The van der Waals surface area contributed by atoms with Gasteiger partial charge in [0.15, 0.2) is 17.5 Å². The molecule has 1 nitrogen and oxygen atoms in total. The maximum atomic E-state index is 13.4. The van der Waals surface area contributed by atoms with E-state index in [9.17, 15) is 13.2 Å². The van der Waals surface area contributed by atoms with Gasteiger partial charge in [0.25, 0.3) is 0 Å². The Morgan fingerprint density at radius 1 is 0.833 bits per heavy atom. The molecular formula is C12H6Cl2F3N. The van der Waals surface area contributed by atoms with E-state index in [-0.39, 0.29) is 15.7 Å². The van der Waals surface area contributed by atoms with Crippen LogP contribution in [0, 0.1) is 17.5 Å². The van der Waals surface area contributed by atoms with Crippen molar-refractivity contribution >= 4 is 34.6 Å². The summed E-state index contributed by atoms with van der Waals surface area (Å²) in [7, 11) is 0. The van der Waals surface area contributed by atoms with Crippen molar-refractivity contribution < 1.29 is 13.2 Å². The number of anilines is 2.